The minimum Gasteiger partial charge on any atom is -0.341 e. The molecule has 1 aliphatic heterocycles. The van der Waals surface area contributed by atoms with Gasteiger partial charge in [-0.15, -0.1) is 0 Å². The van der Waals surface area contributed by atoms with Gasteiger partial charge in [-0.3, -0.25) is 0 Å². The summed E-state index contributed by atoms with van der Waals surface area (Å²) in [6.45, 7) is 4.19. The van der Waals surface area contributed by atoms with E-state index < -0.39 is 0 Å². The number of fused-ring (bicyclic) bond motifs is 3. The molecular formula is C34H36N6. The maximum atomic E-state index is 4.74. The summed E-state index contributed by atoms with van der Waals surface area (Å²) in [4.78, 5) is 16.4. The highest BCUT2D eigenvalue weighted by Gasteiger charge is 2.41. The van der Waals surface area contributed by atoms with Crippen LogP contribution in [0.15, 0.2) is 73.1 Å². The molecule has 40 heavy (non-hydrogen) atoms. The molecule has 8 rings (SSSR count). The lowest BCUT2D eigenvalue weighted by Crippen LogP contribution is -2.29. The van der Waals surface area contributed by atoms with E-state index in [2.05, 4.69) is 93.2 Å². The largest absolute Gasteiger partial charge is 0.341 e. The third kappa shape index (κ3) is 4.55. The Morgan fingerprint density at radius 1 is 0.800 bits per heavy atom. The number of imidazole rings is 2. The molecule has 3 aliphatic rings. The van der Waals surface area contributed by atoms with E-state index in [1.165, 1.54) is 59.6 Å². The Bertz CT molecular complexity index is 1670. The number of aromatic nitrogens is 4. The SMILES string of the molecule is CC1(CNCc2ncc(-c3ccc4cc(-c5ccc(-c6cnc(C7NC8CCC7C8)[nH]6)cc5)ccc4c3)[nH]2)CC1. The summed E-state index contributed by atoms with van der Waals surface area (Å²) < 4.78 is 0. The van der Waals surface area contributed by atoms with Crippen LogP contribution in [-0.4, -0.2) is 32.5 Å². The van der Waals surface area contributed by atoms with Gasteiger partial charge in [-0.2, -0.15) is 0 Å². The highest BCUT2D eigenvalue weighted by atomic mass is 15.1. The monoisotopic (exact) mass is 528 g/mol. The zero-order valence-electron chi connectivity index (χ0n) is 23.0. The Morgan fingerprint density at radius 3 is 2.25 bits per heavy atom. The van der Waals surface area contributed by atoms with E-state index in [1.807, 2.05) is 12.4 Å². The van der Waals surface area contributed by atoms with Crippen molar-refractivity contribution < 1.29 is 0 Å². The molecule has 3 fully saturated rings. The summed E-state index contributed by atoms with van der Waals surface area (Å²) in [6.07, 6.45) is 10.5. The maximum Gasteiger partial charge on any atom is 0.124 e. The number of benzene rings is 3. The predicted octanol–water partition coefficient (Wildman–Crippen LogP) is 6.99. The number of hydrogen-bond acceptors (Lipinski definition) is 4. The Morgan fingerprint density at radius 2 is 1.50 bits per heavy atom. The van der Waals surface area contributed by atoms with E-state index in [0.29, 0.717) is 17.5 Å². The molecule has 3 aromatic carbocycles. The molecule has 2 aliphatic carbocycles. The molecule has 1 saturated heterocycles. The number of rotatable bonds is 8. The molecular weight excluding hydrogens is 492 g/mol. The third-order valence-corrected chi connectivity index (χ3v) is 9.51. The molecule has 2 aromatic heterocycles. The second kappa shape index (κ2) is 9.43. The van der Waals surface area contributed by atoms with Gasteiger partial charge in [0.2, 0.25) is 0 Å². The molecule has 3 atom stereocenters. The van der Waals surface area contributed by atoms with E-state index in [9.17, 15) is 0 Å². The molecule has 6 nitrogen and oxygen atoms in total. The number of H-pyrrole nitrogens is 2. The third-order valence-electron chi connectivity index (χ3n) is 9.51. The summed E-state index contributed by atoms with van der Waals surface area (Å²) in [7, 11) is 0. The topological polar surface area (TPSA) is 81.4 Å². The standard InChI is InChI=1S/C34H36N6/c1-34(12-13-34)20-35-19-31-36-17-30(39-31)26-9-8-24-14-23(6-7-25(24)15-26)21-2-4-22(5-3-21)29-18-37-33(40-29)32-27-10-11-28(16-27)38-32/h2-9,14-15,17-18,27-28,32,35,38H,10-13,16,19-20H2,1H3,(H,36,39)(H,37,40). The van der Waals surface area contributed by atoms with Crippen molar-refractivity contribution in [2.75, 3.05) is 6.54 Å². The van der Waals surface area contributed by atoms with Gasteiger partial charge in [0.15, 0.2) is 0 Å². The highest BCUT2D eigenvalue weighted by Crippen LogP contribution is 2.44. The Labute approximate surface area is 235 Å². The molecule has 5 aromatic rings. The van der Waals surface area contributed by atoms with Crippen LogP contribution in [0.25, 0.3) is 44.4 Å². The first-order valence-electron chi connectivity index (χ1n) is 14.8. The number of hydrogen-bond donors (Lipinski definition) is 4. The molecule has 0 amide bonds. The van der Waals surface area contributed by atoms with Gasteiger partial charge in [0.25, 0.3) is 0 Å². The minimum absolute atomic E-state index is 0.387. The van der Waals surface area contributed by atoms with Crippen molar-refractivity contribution in [1.29, 1.82) is 0 Å². The van der Waals surface area contributed by atoms with Gasteiger partial charge in [-0.25, -0.2) is 9.97 Å². The number of nitrogens with zero attached hydrogens (tertiary/aromatic N) is 2. The molecule has 6 heteroatoms. The van der Waals surface area contributed by atoms with Crippen LogP contribution in [0.5, 0.6) is 0 Å². The average molecular weight is 529 g/mol. The average Bonchev–Trinajstić information content (AvgIpc) is 3.55. The Balaban J connectivity index is 0.964. The summed E-state index contributed by atoms with van der Waals surface area (Å²) >= 11 is 0. The van der Waals surface area contributed by atoms with E-state index in [4.69, 9.17) is 4.98 Å². The van der Waals surface area contributed by atoms with Crippen LogP contribution >= 0.6 is 0 Å². The lowest BCUT2D eigenvalue weighted by atomic mass is 9.98. The molecule has 4 N–H and O–H groups in total. The fraction of sp³-hybridized carbons (Fsp3) is 0.353. The van der Waals surface area contributed by atoms with Crippen LogP contribution in [0, 0.1) is 11.3 Å². The van der Waals surface area contributed by atoms with Gasteiger partial charge >= 0.3 is 0 Å². The number of piperidine rings is 1. The lowest BCUT2D eigenvalue weighted by molar-refractivity contribution is 0.379. The number of aromatic amines is 2. The quantitative estimate of drug-likeness (QED) is 0.175. The van der Waals surface area contributed by atoms with Gasteiger partial charge in [0, 0.05) is 18.2 Å². The van der Waals surface area contributed by atoms with Gasteiger partial charge in [-0.05, 0) is 83.0 Å². The smallest absolute Gasteiger partial charge is 0.124 e. The molecule has 202 valence electrons. The van der Waals surface area contributed by atoms with Crippen molar-refractivity contribution in [1.82, 2.24) is 30.6 Å². The first-order chi connectivity index (χ1) is 19.6. The van der Waals surface area contributed by atoms with Crippen LogP contribution in [0.1, 0.15) is 56.7 Å². The van der Waals surface area contributed by atoms with Gasteiger partial charge in [-0.1, -0.05) is 55.5 Å². The van der Waals surface area contributed by atoms with Crippen molar-refractivity contribution in [3.8, 4) is 33.6 Å². The van der Waals surface area contributed by atoms with Crippen LogP contribution in [0.3, 0.4) is 0 Å². The number of nitrogens with one attached hydrogen (secondary N) is 4. The van der Waals surface area contributed by atoms with Gasteiger partial charge in [0.05, 0.1) is 36.4 Å². The van der Waals surface area contributed by atoms with Crippen LogP contribution < -0.4 is 10.6 Å². The minimum atomic E-state index is 0.387. The molecule has 3 unspecified atom stereocenters. The van der Waals surface area contributed by atoms with Gasteiger partial charge in [0.1, 0.15) is 11.6 Å². The maximum absolute atomic E-state index is 4.74. The van der Waals surface area contributed by atoms with Crippen molar-refractivity contribution in [3.05, 3.63) is 84.7 Å². The van der Waals surface area contributed by atoms with Crippen molar-refractivity contribution in [2.45, 2.75) is 57.7 Å². The summed E-state index contributed by atoms with van der Waals surface area (Å²) in [6, 6.07) is 23.3. The Hall–Kier alpha value is -3.74. The van der Waals surface area contributed by atoms with Crippen LogP contribution in [0.4, 0.5) is 0 Å². The van der Waals surface area contributed by atoms with Crippen LogP contribution in [-0.2, 0) is 6.54 Å². The normalized spacial score (nSPS) is 22.8. The van der Waals surface area contributed by atoms with E-state index in [0.717, 1.165) is 47.6 Å². The first-order valence-corrected chi connectivity index (χ1v) is 14.8. The molecule has 0 spiro atoms. The van der Waals surface area contributed by atoms with E-state index in [1.54, 1.807) is 0 Å². The molecule has 0 radical (unpaired) electrons. The fourth-order valence-corrected chi connectivity index (χ4v) is 6.71. The van der Waals surface area contributed by atoms with Gasteiger partial charge < -0.3 is 20.6 Å². The van der Waals surface area contributed by atoms with Crippen molar-refractivity contribution in [2.24, 2.45) is 11.3 Å². The van der Waals surface area contributed by atoms with E-state index in [-0.39, 0.29) is 0 Å². The predicted molar refractivity (Wildman–Crippen MR) is 161 cm³/mol. The zero-order chi connectivity index (χ0) is 26.7. The fourth-order valence-electron chi connectivity index (χ4n) is 6.71. The van der Waals surface area contributed by atoms with Crippen molar-refractivity contribution >= 4 is 10.8 Å². The zero-order valence-corrected chi connectivity index (χ0v) is 23.0. The Kier molecular flexibility index (Phi) is 5.68. The molecule has 2 bridgehead atoms. The summed E-state index contributed by atoms with van der Waals surface area (Å²) in [5.74, 6) is 2.81. The van der Waals surface area contributed by atoms with E-state index >= 15 is 0 Å². The first kappa shape index (κ1) is 24.1. The van der Waals surface area contributed by atoms with Crippen LogP contribution in [0.2, 0.25) is 0 Å². The lowest BCUT2D eigenvalue weighted by Gasteiger charge is -2.20. The summed E-state index contributed by atoms with van der Waals surface area (Å²) in [5, 5.41) is 9.76. The van der Waals surface area contributed by atoms with Crippen molar-refractivity contribution in [3.63, 3.8) is 0 Å². The molecule has 2 saturated carbocycles. The second-order valence-electron chi connectivity index (χ2n) is 12.6. The highest BCUT2D eigenvalue weighted by molar-refractivity contribution is 5.90. The molecule has 3 heterocycles. The summed E-state index contributed by atoms with van der Waals surface area (Å²) in [5.41, 5.74) is 7.44. The second-order valence-corrected chi connectivity index (χ2v) is 12.6.